The van der Waals surface area contributed by atoms with Gasteiger partial charge in [-0.3, -0.25) is 0 Å². The number of ether oxygens (including phenoxy) is 1. The van der Waals surface area contributed by atoms with E-state index in [9.17, 15) is 4.79 Å². The molecule has 0 aromatic rings. The summed E-state index contributed by atoms with van der Waals surface area (Å²) in [5.74, 6) is -0.0855. The van der Waals surface area contributed by atoms with Crippen molar-refractivity contribution in [3.8, 4) is 0 Å². The number of esters is 1. The van der Waals surface area contributed by atoms with E-state index >= 15 is 0 Å². The minimum absolute atomic E-state index is 0.0855. The van der Waals surface area contributed by atoms with E-state index in [0.717, 1.165) is 2.19 Å². The predicted molar refractivity (Wildman–Crippen MR) is 41.5 cm³/mol. The first-order valence-corrected chi connectivity index (χ1v) is 10.2. The van der Waals surface area contributed by atoms with Crippen molar-refractivity contribution in [2.24, 2.45) is 0 Å². The molecule has 0 amide bonds. The molecule has 0 saturated carbocycles. The van der Waals surface area contributed by atoms with Crippen LogP contribution in [-0.4, -0.2) is 12.1 Å². The van der Waals surface area contributed by atoms with Crippen LogP contribution in [-0.2, 0) is 9.53 Å². The number of fused-ring (bicyclic) bond motifs is 2. The predicted octanol–water partition coefficient (Wildman–Crippen LogP) is 2.17. The van der Waals surface area contributed by atoms with Gasteiger partial charge in [0.1, 0.15) is 0 Å². The Morgan fingerprint density at radius 1 is 1.33 bits per heavy atom. The Hall–Kier alpha value is 0.912. The second-order valence-electron chi connectivity index (χ2n) is 3.99. The molecule has 3 heteroatoms. The fourth-order valence-electron chi connectivity index (χ4n) is 2.50. The molecular formula is C9H14AcO2. The van der Waals surface area contributed by atoms with Gasteiger partial charge in [-0.1, -0.05) is 0 Å². The molecule has 0 aliphatic carbocycles. The second-order valence-corrected chi connectivity index (χ2v) is 13.3. The van der Waals surface area contributed by atoms with Crippen LogP contribution in [0.25, 0.3) is 0 Å². The fraction of sp³-hybridized carbons (Fsp3) is 0.889. The normalized spacial score (nSPS) is 38.2. The van der Waals surface area contributed by atoms with Gasteiger partial charge in [-0.25, -0.2) is 0 Å². The van der Waals surface area contributed by atoms with Crippen molar-refractivity contribution < 1.29 is 49.2 Å². The number of rotatable bonds is 1. The van der Waals surface area contributed by atoms with E-state index < -0.39 is 39.7 Å². The Kier molecular flexibility index (Phi) is 3.13. The molecule has 2 nitrogen and oxygen atoms in total. The molecule has 2 aliphatic rings. The fourth-order valence-corrected chi connectivity index (χ4v) is 12.6. The summed E-state index contributed by atoms with van der Waals surface area (Å²) < 4.78 is 7.42. The zero-order valence-corrected chi connectivity index (χ0v) is 12.2. The Bertz CT molecular complexity index is 181. The minimum atomic E-state index is -0.470. The van der Waals surface area contributed by atoms with Gasteiger partial charge in [0.2, 0.25) is 0 Å². The van der Waals surface area contributed by atoms with E-state index in [1.807, 2.05) is 0 Å². The molecule has 2 fully saturated rings. The van der Waals surface area contributed by atoms with Crippen LogP contribution in [0.2, 0.25) is 2.19 Å². The molecule has 2 atom stereocenters. The average molecular weight is 381 g/mol. The van der Waals surface area contributed by atoms with Crippen LogP contribution < -0.4 is 0 Å². The molecule has 2 saturated heterocycles. The van der Waals surface area contributed by atoms with Gasteiger partial charge in [0.15, 0.2) is 0 Å². The topological polar surface area (TPSA) is 26.3 Å². The monoisotopic (exact) mass is 381 g/mol. The molecule has 2 rings (SSSR count). The van der Waals surface area contributed by atoms with E-state index in [-0.39, 0.29) is 5.97 Å². The molecule has 2 unspecified atom stereocenters. The first-order valence-electron chi connectivity index (χ1n) is 4.76. The third-order valence-electron chi connectivity index (χ3n) is 2.92. The zero-order valence-electron chi connectivity index (χ0n) is 7.45. The summed E-state index contributed by atoms with van der Waals surface area (Å²) in [5, 5.41) is 0. The van der Waals surface area contributed by atoms with Crippen molar-refractivity contribution in [3.63, 3.8) is 0 Å². The molecular weight excluding hydrogens is 367 g/mol. The van der Waals surface area contributed by atoms with Gasteiger partial charge in [0.05, 0.1) is 0 Å². The van der Waals surface area contributed by atoms with Crippen LogP contribution in [0.4, 0.5) is 0 Å². The van der Waals surface area contributed by atoms with Gasteiger partial charge in [-0.15, -0.1) is 0 Å². The second kappa shape index (κ2) is 3.97. The maximum atomic E-state index is 10.7. The van der Waals surface area contributed by atoms with E-state index in [1.54, 1.807) is 0 Å². The molecule has 2 aliphatic heterocycles. The Morgan fingerprint density at radius 2 is 1.92 bits per heavy atom. The van der Waals surface area contributed by atoms with Crippen molar-refractivity contribution in [1.29, 1.82) is 0 Å². The quantitative estimate of drug-likeness (QED) is 0.651. The number of carbonyl (C=O) groups is 1. The van der Waals surface area contributed by atoms with Gasteiger partial charge in [-0.05, 0) is 0 Å². The summed E-state index contributed by atoms with van der Waals surface area (Å²) >= 11 is -0.470. The van der Waals surface area contributed by atoms with Crippen molar-refractivity contribution in [1.82, 2.24) is 0 Å². The SMILES string of the molecule is CC(=O)OC1C[CH]2CC[CH](C1)[Ac]2. The summed E-state index contributed by atoms with van der Waals surface area (Å²) in [4.78, 5) is 10.7. The molecule has 12 heavy (non-hydrogen) atoms. The van der Waals surface area contributed by atoms with Gasteiger partial charge in [0, 0.05) is 0 Å². The molecule has 0 radical (unpaired) electrons. The molecule has 0 aromatic carbocycles. The van der Waals surface area contributed by atoms with Crippen molar-refractivity contribution in [3.05, 3.63) is 0 Å². The third-order valence-corrected chi connectivity index (χ3v) is 12.4. The van der Waals surface area contributed by atoms with Crippen LogP contribution in [0.5, 0.6) is 0 Å². The third kappa shape index (κ3) is 2.23. The van der Waals surface area contributed by atoms with Crippen LogP contribution in [0.1, 0.15) is 32.6 Å². The van der Waals surface area contributed by atoms with E-state index in [1.165, 1.54) is 32.6 Å². The molecule has 2 heterocycles. The average Bonchev–Trinajstić information content (AvgIpc) is 2.29. The maximum absolute atomic E-state index is 10.7. The van der Waals surface area contributed by atoms with Crippen molar-refractivity contribution in [2.45, 2.75) is 40.9 Å². The van der Waals surface area contributed by atoms with Gasteiger partial charge < -0.3 is 0 Å². The molecule has 0 aromatic heterocycles. The van der Waals surface area contributed by atoms with Crippen molar-refractivity contribution in [2.75, 3.05) is 0 Å². The first kappa shape index (κ1) is 9.47. The summed E-state index contributed by atoms with van der Waals surface area (Å²) in [6, 6.07) is 0. The van der Waals surface area contributed by atoms with E-state index in [0.29, 0.717) is 6.10 Å². The zero-order chi connectivity index (χ0) is 8.55. The number of hydrogen-bond donors (Lipinski definition) is 0. The van der Waals surface area contributed by atoms with Gasteiger partial charge >= 0.3 is 96.1 Å². The Balaban J connectivity index is 1.89. The molecule has 0 N–H and O–H groups in total. The summed E-state index contributed by atoms with van der Waals surface area (Å²) in [6.45, 7) is 1.53. The van der Waals surface area contributed by atoms with E-state index in [4.69, 9.17) is 4.74 Å². The van der Waals surface area contributed by atoms with Gasteiger partial charge in [0.25, 0.3) is 0 Å². The van der Waals surface area contributed by atoms with Crippen LogP contribution in [0, 0.1) is 39.7 Å². The molecule has 65 valence electrons. The molecule has 2 bridgehead atoms. The summed E-state index contributed by atoms with van der Waals surface area (Å²) in [7, 11) is 0. The van der Waals surface area contributed by atoms with Crippen LogP contribution in [0.15, 0.2) is 0 Å². The summed E-state index contributed by atoms with van der Waals surface area (Å²) in [6.07, 6.45) is 5.66. The van der Waals surface area contributed by atoms with Gasteiger partial charge in [-0.2, -0.15) is 0 Å². The summed E-state index contributed by atoms with van der Waals surface area (Å²) in [5.41, 5.74) is 0. The molecule has 0 spiro atoms. The standard InChI is InChI=1S/C9H14O2.Ac/c1-8(10)11-9-6-4-2-3-5-7-9;/h4-5,9H,2-3,6-7H2,1H3;. The number of hydrogen-bond acceptors (Lipinski definition) is 2. The van der Waals surface area contributed by atoms with Crippen LogP contribution in [0.3, 0.4) is 0 Å². The van der Waals surface area contributed by atoms with E-state index in [2.05, 4.69) is 0 Å². The Labute approximate surface area is 95.0 Å². The number of carbonyl (C=O) groups excluding carboxylic acids is 1. The van der Waals surface area contributed by atoms with Crippen LogP contribution >= 0.6 is 0 Å². The van der Waals surface area contributed by atoms with Crippen molar-refractivity contribution >= 4 is 5.97 Å². The first-order chi connectivity index (χ1) is 5.74. The Morgan fingerprint density at radius 3 is 2.42 bits per heavy atom.